The quantitative estimate of drug-likeness (QED) is 0.564. The third-order valence-corrected chi connectivity index (χ3v) is 4.69. The molecule has 1 N–H and O–H groups in total. The number of thiocarbonyl (C=S) groups is 1. The Bertz CT molecular complexity index is 752. The molecule has 0 aromatic heterocycles. The van der Waals surface area contributed by atoms with E-state index in [1.165, 1.54) is 6.07 Å². The van der Waals surface area contributed by atoms with E-state index in [-0.39, 0.29) is 17.7 Å². The number of rotatable bonds is 7. The number of carbonyl (C=O) groups is 1. The zero-order chi connectivity index (χ0) is 20.1. The number of hydrogen-bond acceptors (Lipinski definition) is 4. The summed E-state index contributed by atoms with van der Waals surface area (Å²) >= 11 is 5.45. The van der Waals surface area contributed by atoms with Gasteiger partial charge < -0.3 is 19.9 Å². The number of halogens is 2. The van der Waals surface area contributed by atoms with Crippen molar-refractivity contribution in [3.8, 4) is 0 Å². The van der Waals surface area contributed by atoms with Crippen LogP contribution in [0.4, 0.5) is 8.78 Å². The average Bonchev–Trinajstić information content (AvgIpc) is 2.57. The predicted octanol–water partition coefficient (Wildman–Crippen LogP) is 2.98. The van der Waals surface area contributed by atoms with E-state index in [4.69, 9.17) is 17.0 Å². The lowest BCUT2D eigenvalue weighted by molar-refractivity contribution is -0.139. The van der Waals surface area contributed by atoms with Crippen molar-refractivity contribution in [1.29, 1.82) is 0 Å². The first kappa shape index (κ1) is 21.2. The first-order valence-corrected chi connectivity index (χ1v) is 9.22. The molecule has 1 aliphatic rings. The molecule has 0 spiro atoms. The van der Waals surface area contributed by atoms with Crippen molar-refractivity contribution in [1.82, 2.24) is 15.1 Å². The van der Waals surface area contributed by atoms with Crippen LogP contribution in [0.3, 0.4) is 0 Å². The van der Waals surface area contributed by atoms with Gasteiger partial charge in [-0.15, -0.1) is 0 Å². The molecule has 0 radical (unpaired) electrons. The van der Waals surface area contributed by atoms with Crippen LogP contribution in [0.25, 0.3) is 0 Å². The average molecular weight is 397 g/mol. The third kappa shape index (κ3) is 5.01. The SMILES string of the molecule is CCOC(=O)C1=C(C)N(CCCN(C)C)C(=S)N[C@H]1c1ccc(F)cc1F. The van der Waals surface area contributed by atoms with Crippen molar-refractivity contribution in [3.63, 3.8) is 0 Å². The molecule has 148 valence electrons. The smallest absolute Gasteiger partial charge is 0.338 e. The Balaban J connectivity index is 2.43. The van der Waals surface area contributed by atoms with Crippen LogP contribution in [0.2, 0.25) is 0 Å². The molecule has 1 aliphatic heterocycles. The number of carbonyl (C=O) groups excluding carboxylic acids is 1. The van der Waals surface area contributed by atoms with Gasteiger partial charge >= 0.3 is 5.97 Å². The van der Waals surface area contributed by atoms with Gasteiger partial charge in [-0.05, 0) is 59.2 Å². The zero-order valence-electron chi connectivity index (χ0n) is 16.0. The maximum Gasteiger partial charge on any atom is 0.338 e. The van der Waals surface area contributed by atoms with Gasteiger partial charge in [0.1, 0.15) is 11.6 Å². The highest BCUT2D eigenvalue weighted by molar-refractivity contribution is 7.80. The van der Waals surface area contributed by atoms with E-state index in [1.807, 2.05) is 19.0 Å². The van der Waals surface area contributed by atoms with E-state index < -0.39 is 23.6 Å². The van der Waals surface area contributed by atoms with Crippen LogP contribution in [0, 0.1) is 11.6 Å². The Labute approximate surface area is 164 Å². The van der Waals surface area contributed by atoms with Crippen LogP contribution < -0.4 is 5.32 Å². The van der Waals surface area contributed by atoms with E-state index in [1.54, 1.807) is 13.8 Å². The largest absolute Gasteiger partial charge is 0.463 e. The topological polar surface area (TPSA) is 44.8 Å². The molecule has 1 heterocycles. The summed E-state index contributed by atoms with van der Waals surface area (Å²) in [6.07, 6.45) is 0.831. The van der Waals surface area contributed by atoms with Crippen molar-refractivity contribution in [2.24, 2.45) is 0 Å². The van der Waals surface area contributed by atoms with E-state index in [0.717, 1.165) is 25.1 Å². The molecule has 0 amide bonds. The summed E-state index contributed by atoms with van der Waals surface area (Å²) in [5, 5.41) is 3.42. The van der Waals surface area contributed by atoms with Crippen LogP contribution >= 0.6 is 12.2 Å². The second-order valence-electron chi connectivity index (χ2n) is 6.58. The van der Waals surface area contributed by atoms with Crippen molar-refractivity contribution < 1.29 is 18.3 Å². The van der Waals surface area contributed by atoms with Gasteiger partial charge in [0.25, 0.3) is 0 Å². The molecule has 0 fully saturated rings. The van der Waals surface area contributed by atoms with Gasteiger partial charge in [-0.25, -0.2) is 13.6 Å². The molecule has 0 bridgehead atoms. The lowest BCUT2D eigenvalue weighted by atomic mass is 9.94. The summed E-state index contributed by atoms with van der Waals surface area (Å²) in [6, 6.07) is 2.44. The summed E-state index contributed by atoms with van der Waals surface area (Å²) in [7, 11) is 3.96. The van der Waals surface area contributed by atoms with Crippen molar-refractivity contribution >= 4 is 23.3 Å². The maximum atomic E-state index is 14.4. The molecule has 1 atom stereocenters. The second kappa shape index (κ2) is 9.23. The number of ether oxygens (including phenoxy) is 1. The lowest BCUT2D eigenvalue weighted by Crippen LogP contribution is -2.48. The Hall–Kier alpha value is -2.06. The van der Waals surface area contributed by atoms with E-state index in [2.05, 4.69) is 10.2 Å². The molecule has 1 aromatic carbocycles. The highest BCUT2D eigenvalue weighted by atomic mass is 32.1. The summed E-state index contributed by atoms with van der Waals surface area (Å²) < 4.78 is 32.9. The summed E-state index contributed by atoms with van der Waals surface area (Å²) in [5.41, 5.74) is 1.04. The second-order valence-corrected chi connectivity index (χ2v) is 6.96. The molecule has 0 saturated carbocycles. The zero-order valence-corrected chi connectivity index (χ0v) is 16.8. The molecule has 0 aliphatic carbocycles. The van der Waals surface area contributed by atoms with Crippen LogP contribution in [0.1, 0.15) is 31.9 Å². The number of nitrogens with one attached hydrogen (secondary N) is 1. The highest BCUT2D eigenvalue weighted by Crippen LogP contribution is 2.33. The monoisotopic (exact) mass is 397 g/mol. The molecule has 5 nitrogen and oxygen atoms in total. The van der Waals surface area contributed by atoms with Gasteiger partial charge in [0.2, 0.25) is 0 Å². The summed E-state index contributed by atoms with van der Waals surface area (Å²) in [6.45, 7) is 5.13. The minimum Gasteiger partial charge on any atom is -0.463 e. The maximum absolute atomic E-state index is 14.4. The van der Waals surface area contributed by atoms with Gasteiger partial charge in [0, 0.05) is 23.9 Å². The first-order chi connectivity index (χ1) is 12.8. The van der Waals surface area contributed by atoms with Crippen LogP contribution in [0.15, 0.2) is 29.5 Å². The van der Waals surface area contributed by atoms with Gasteiger partial charge in [-0.2, -0.15) is 0 Å². The Morgan fingerprint density at radius 3 is 2.67 bits per heavy atom. The molecule has 2 rings (SSSR count). The number of allylic oxidation sites excluding steroid dienone is 1. The van der Waals surface area contributed by atoms with Crippen LogP contribution in [-0.2, 0) is 9.53 Å². The van der Waals surface area contributed by atoms with Crippen molar-refractivity contribution in [2.75, 3.05) is 33.8 Å². The van der Waals surface area contributed by atoms with Crippen molar-refractivity contribution in [3.05, 3.63) is 46.7 Å². The molecule has 0 saturated heterocycles. The number of benzene rings is 1. The summed E-state index contributed by atoms with van der Waals surface area (Å²) in [4.78, 5) is 16.5. The molecule has 8 heteroatoms. The van der Waals surface area contributed by atoms with E-state index in [9.17, 15) is 13.6 Å². The molecule has 27 heavy (non-hydrogen) atoms. The first-order valence-electron chi connectivity index (χ1n) is 8.81. The minimum absolute atomic E-state index is 0.147. The van der Waals surface area contributed by atoms with Crippen LogP contribution in [0.5, 0.6) is 0 Å². The van der Waals surface area contributed by atoms with Gasteiger partial charge in [-0.1, -0.05) is 6.07 Å². The lowest BCUT2D eigenvalue weighted by Gasteiger charge is -2.37. The number of nitrogens with zero attached hydrogens (tertiary/aromatic N) is 2. The Morgan fingerprint density at radius 1 is 1.37 bits per heavy atom. The number of hydrogen-bond donors (Lipinski definition) is 1. The van der Waals surface area contributed by atoms with Crippen LogP contribution in [-0.4, -0.2) is 54.7 Å². The fourth-order valence-electron chi connectivity index (χ4n) is 3.04. The Kier molecular flexibility index (Phi) is 7.26. The van der Waals surface area contributed by atoms with Gasteiger partial charge in [0.15, 0.2) is 5.11 Å². The Morgan fingerprint density at radius 2 is 2.07 bits per heavy atom. The highest BCUT2D eigenvalue weighted by Gasteiger charge is 2.35. The molecular weight excluding hydrogens is 372 g/mol. The van der Waals surface area contributed by atoms with E-state index >= 15 is 0 Å². The van der Waals surface area contributed by atoms with Gasteiger partial charge in [-0.3, -0.25) is 0 Å². The molecule has 1 aromatic rings. The normalized spacial score (nSPS) is 17.4. The standard InChI is InChI=1S/C19H25F2N3O2S/c1-5-26-18(25)16-12(2)24(10-6-9-23(3)4)19(27)22-17(16)14-8-7-13(20)11-15(14)21/h7-8,11,17H,5-6,9-10H2,1-4H3,(H,22,27)/t17-/m0/s1. The fourth-order valence-corrected chi connectivity index (χ4v) is 3.38. The minimum atomic E-state index is -0.831. The summed E-state index contributed by atoms with van der Waals surface area (Å²) in [5.74, 6) is -1.97. The third-order valence-electron chi connectivity index (χ3n) is 4.35. The van der Waals surface area contributed by atoms with E-state index in [0.29, 0.717) is 17.4 Å². The fraction of sp³-hybridized carbons (Fsp3) is 0.474. The van der Waals surface area contributed by atoms with Crippen molar-refractivity contribution in [2.45, 2.75) is 26.3 Å². The predicted molar refractivity (Wildman–Crippen MR) is 104 cm³/mol. The van der Waals surface area contributed by atoms with Gasteiger partial charge in [0.05, 0.1) is 18.2 Å². The number of esters is 1. The molecular formula is C19H25F2N3O2S. The molecule has 0 unspecified atom stereocenters.